The molecule has 1 aliphatic rings. The lowest BCUT2D eigenvalue weighted by Crippen LogP contribution is -2.44. The number of ether oxygens (including phenoxy) is 1. The van der Waals surface area contributed by atoms with E-state index in [4.69, 9.17) is 10.5 Å². The highest BCUT2D eigenvalue weighted by atomic mass is 19.1. The number of methoxy groups -OCH3 is 1. The van der Waals surface area contributed by atoms with Crippen molar-refractivity contribution in [1.29, 1.82) is 0 Å². The Morgan fingerprint density at radius 2 is 2.10 bits per heavy atom. The molecule has 4 heteroatoms. The quantitative estimate of drug-likeness (QED) is 0.876. The highest BCUT2D eigenvalue weighted by Crippen LogP contribution is 2.29. The summed E-state index contributed by atoms with van der Waals surface area (Å²) in [6.07, 6.45) is 4.98. The largest absolute Gasteiger partial charge is 0.494 e. The van der Waals surface area contributed by atoms with Crippen LogP contribution in [0, 0.1) is 11.7 Å². The maximum Gasteiger partial charge on any atom is 0.165 e. The van der Waals surface area contributed by atoms with Gasteiger partial charge < -0.3 is 10.5 Å². The van der Waals surface area contributed by atoms with Gasteiger partial charge in [-0.25, -0.2) is 4.39 Å². The maximum atomic E-state index is 13.8. The fourth-order valence-corrected chi connectivity index (χ4v) is 3.45. The minimum absolute atomic E-state index is 0.287. The van der Waals surface area contributed by atoms with Crippen LogP contribution >= 0.6 is 0 Å². The Bertz CT molecular complexity index is 452. The van der Waals surface area contributed by atoms with Crippen LogP contribution in [0.3, 0.4) is 0 Å². The monoisotopic (exact) mass is 294 g/mol. The summed E-state index contributed by atoms with van der Waals surface area (Å²) in [4.78, 5) is 2.44. The number of hydrogen-bond donors (Lipinski definition) is 1. The van der Waals surface area contributed by atoms with Crippen LogP contribution in [0.1, 0.15) is 38.2 Å². The molecule has 0 heterocycles. The Balaban J connectivity index is 2.09. The van der Waals surface area contributed by atoms with Gasteiger partial charge in [0.15, 0.2) is 11.6 Å². The molecule has 1 fully saturated rings. The minimum atomic E-state index is -0.287. The number of hydrogen-bond acceptors (Lipinski definition) is 3. The number of rotatable bonds is 6. The van der Waals surface area contributed by atoms with Gasteiger partial charge in [-0.05, 0) is 49.5 Å². The first-order chi connectivity index (χ1) is 10.2. The van der Waals surface area contributed by atoms with Gasteiger partial charge in [0.2, 0.25) is 0 Å². The van der Waals surface area contributed by atoms with E-state index in [2.05, 4.69) is 11.8 Å². The van der Waals surface area contributed by atoms with Crippen LogP contribution in [0.25, 0.3) is 0 Å². The van der Waals surface area contributed by atoms with Crippen LogP contribution in [0.4, 0.5) is 4.39 Å². The van der Waals surface area contributed by atoms with Crippen LogP contribution in [0.15, 0.2) is 18.2 Å². The van der Waals surface area contributed by atoms with Crippen molar-refractivity contribution >= 4 is 0 Å². The van der Waals surface area contributed by atoms with Crippen molar-refractivity contribution in [3.8, 4) is 5.75 Å². The summed E-state index contributed by atoms with van der Waals surface area (Å²) < 4.78 is 18.8. The number of benzene rings is 1. The third kappa shape index (κ3) is 3.95. The molecule has 0 aliphatic heterocycles. The molecule has 21 heavy (non-hydrogen) atoms. The number of nitrogens with zero attached hydrogens (tertiary/aromatic N) is 1. The van der Waals surface area contributed by atoms with Gasteiger partial charge in [0.25, 0.3) is 0 Å². The Kier molecular flexibility index (Phi) is 6.00. The van der Waals surface area contributed by atoms with Crippen LogP contribution in [0.5, 0.6) is 5.75 Å². The average Bonchev–Trinajstić information content (AvgIpc) is 2.52. The van der Waals surface area contributed by atoms with Gasteiger partial charge in [-0.15, -0.1) is 0 Å². The number of halogens is 1. The molecule has 2 N–H and O–H groups in total. The topological polar surface area (TPSA) is 38.5 Å². The molecular weight excluding hydrogens is 267 g/mol. The van der Waals surface area contributed by atoms with E-state index in [0.717, 1.165) is 25.2 Å². The van der Waals surface area contributed by atoms with E-state index in [1.807, 2.05) is 6.07 Å². The van der Waals surface area contributed by atoms with Crippen molar-refractivity contribution < 1.29 is 9.13 Å². The fourth-order valence-electron chi connectivity index (χ4n) is 3.45. The molecule has 0 spiro atoms. The molecule has 0 bridgehead atoms. The summed E-state index contributed by atoms with van der Waals surface area (Å²) in [5.41, 5.74) is 6.94. The van der Waals surface area contributed by atoms with Crippen molar-refractivity contribution in [1.82, 2.24) is 4.90 Å². The van der Waals surface area contributed by atoms with Gasteiger partial charge in [0.1, 0.15) is 0 Å². The van der Waals surface area contributed by atoms with E-state index in [0.29, 0.717) is 17.7 Å². The zero-order valence-corrected chi connectivity index (χ0v) is 13.1. The standard InChI is InChI=1S/C17H27FN2O/c1-3-20(16-7-5-4-6-14(16)11-19)12-13-8-9-17(21-2)15(18)10-13/h8-10,14,16H,3-7,11-12,19H2,1-2H3. The van der Waals surface area contributed by atoms with E-state index in [-0.39, 0.29) is 5.82 Å². The van der Waals surface area contributed by atoms with Crippen molar-refractivity contribution in [2.24, 2.45) is 11.7 Å². The summed E-state index contributed by atoms with van der Waals surface area (Å²) >= 11 is 0. The van der Waals surface area contributed by atoms with E-state index in [9.17, 15) is 4.39 Å². The van der Waals surface area contributed by atoms with E-state index < -0.39 is 0 Å². The fraction of sp³-hybridized carbons (Fsp3) is 0.647. The Morgan fingerprint density at radius 3 is 2.71 bits per heavy atom. The predicted octanol–water partition coefficient (Wildman–Crippen LogP) is 3.17. The van der Waals surface area contributed by atoms with E-state index >= 15 is 0 Å². The normalized spacial score (nSPS) is 22.5. The van der Waals surface area contributed by atoms with Crippen LogP contribution in [-0.4, -0.2) is 31.1 Å². The lowest BCUT2D eigenvalue weighted by Gasteiger charge is -2.39. The first-order valence-electron chi connectivity index (χ1n) is 7.96. The highest BCUT2D eigenvalue weighted by Gasteiger charge is 2.28. The summed E-state index contributed by atoms with van der Waals surface area (Å²) in [5, 5.41) is 0. The van der Waals surface area contributed by atoms with Gasteiger partial charge >= 0.3 is 0 Å². The molecule has 1 aliphatic carbocycles. The van der Waals surface area contributed by atoms with Crippen LogP contribution < -0.4 is 10.5 Å². The molecule has 1 aromatic rings. The Morgan fingerprint density at radius 1 is 1.33 bits per heavy atom. The van der Waals surface area contributed by atoms with Gasteiger partial charge in [-0.3, -0.25) is 4.90 Å². The van der Waals surface area contributed by atoms with Gasteiger partial charge in [-0.1, -0.05) is 25.8 Å². The Labute approximate surface area is 127 Å². The average molecular weight is 294 g/mol. The van der Waals surface area contributed by atoms with Crippen molar-refractivity contribution in [2.45, 2.75) is 45.2 Å². The van der Waals surface area contributed by atoms with Crippen LogP contribution in [-0.2, 0) is 6.54 Å². The molecule has 1 aromatic carbocycles. The highest BCUT2D eigenvalue weighted by molar-refractivity contribution is 5.29. The lowest BCUT2D eigenvalue weighted by atomic mass is 9.83. The zero-order valence-electron chi connectivity index (χ0n) is 13.1. The SMILES string of the molecule is CCN(Cc1ccc(OC)c(F)c1)C1CCCCC1CN. The second kappa shape index (κ2) is 7.76. The molecule has 118 valence electrons. The molecular formula is C17H27FN2O. The second-order valence-corrected chi connectivity index (χ2v) is 5.88. The zero-order chi connectivity index (χ0) is 15.2. The first-order valence-corrected chi connectivity index (χ1v) is 7.96. The van der Waals surface area contributed by atoms with Crippen LogP contribution in [0.2, 0.25) is 0 Å². The molecule has 0 amide bonds. The molecule has 0 radical (unpaired) electrons. The summed E-state index contributed by atoms with van der Waals surface area (Å²) in [6, 6.07) is 5.77. The first kappa shape index (κ1) is 16.2. The van der Waals surface area contributed by atoms with Crippen molar-refractivity contribution in [2.75, 3.05) is 20.2 Å². The van der Waals surface area contributed by atoms with E-state index in [1.54, 1.807) is 12.1 Å². The van der Waals surface area contributed by atoms with Gasteiger partial charge in [0, 0.05) is 12.6 Å². The summed E-state index contributed by atoms with van der Waals surface area (Å²) in [7, 11) is 1.49. The predicted molar refractivity (Wildman–Crippen MR) is 83.8 cm³/mol. The number of nitrogens with two attached hydrogens (primary N) is 1. The van der Waals surface area contributed by atoms with E-state index in [1.165, 1.54) is 32.8 Å². The third-order valence-electron chi connectivity index (χ3n) is 4.65. The third-order valence-corrected chi connectivity index (χ3v) is 4.65. The van der Waals surface area contributed by atoms with Gasteiger partial charge in [-0.2, -0.15) is 0 Å². The smallest absolute Gasteiger partial charge is 0.165 e. The summed E-state index contributed by atoms with van der Waals surface area (Å²) in [5.74, 6) is 0.589. The molecule has 3 nitrogen and oxygen atoms in total. The molecule has 2 atom stereocenters. The van der Waals surface area contributed by atoms with Crippen molar-refractivity contribution in [3.63, 3.8) is 0 Å². The molecule has 2 rings (SSSR count). The molecule has 1 saturated carbocycles. The summed E-state index contributed by atoms with van der Waals surface area (Å²) in [6.45, 7) is 4.66. The lowest BCUT2D eigenvalue weighted by molar-refractivity contribution is 0.105. The minimum Gasteiger partial charge on any atom is -0.494 e. The Hall–Kier alpha value is -1.13. The molecule has 0 aromatic heterocycles. The van der Waals surface area contributed by atoms with Gasteiger partial charge in [0.05, 0.1) is 7.11 Å². The maximum absolute atomic E-state index is 13.8. The van der Waals surface area contributed by atoms with Crippen molar-refractivity contribution in [3.05, 3.63) is 29.6 Å². The molecule has 2 unspecified atom stereocenters. The molecule has 0 saturated heterocycles. The second-order valence-electron chi connectivity index (χ2n) is 5.88.